The molecular formula is C11H12F3N4O8P. The largest absolute Gasteiger partial charge is 0.469 e. The van der Waals surface area contributed by atoms with Crippen LogP contribution < -0.4 is 5.56 Å². The molecule has 4 atom stereocenters. The van der Waals surface area contributed by atoms with Crippen molar-refractivity contribution >= 4 is 19.0 Å². The van der Waals surface area contributed by atoms with Gasteiger partial charge in [0.2, 0.25) is 5.82 Å². The number of hydrogen-bond donors (Lipinski definition) is 5. The zero-order valence-corrected chi connectivity index (χ0v) is 13.8. The number of phosphoric ester groups is 1. The Morgan fingerprint density at radius 3 is 2.59 bits per heavy atom. The summed E-state index contributed by atoms with van der Waals surface area (Å²) in [5.41, 5.74) is -2.22. The number of halogens is 3. The monoisotopic (exact) mass is 416 g/mol. The third kappa shape index (κ3) is 3.89. The number of aliphatic hydroxyl groups excluding tert-OH is 2. The topological polar surface area (TPSA) is 180 Å². The Balaban J connectivity index is 1.96. The summed E-state index contributed by atoms with van der Waals surface area (Å²) in [6, 6.07) is 0. The standard InChI is InChI=1S/C11H12F3N4O8P/c12-11(13,14)10-16-7-4(8(21)17-10)15-2-18(7)9-6(20)5(19)3(26-9)1-25-27(22,23)24/h2-3,5-6,9,19-20H,1H2,(H,16,17,21)(H2,22,23,24)/t3-,5-,6-,9-/m0/s1. The molecular weight excluding hydrogens is 404 g/mol. The first-order chi connectivity index (χ1) is 12.4. The summed E-state index contributed by atoms with van der Waals surface area (Å²) in [5, 5.41) is 20.0. The van der Waals surface area contributed by atoms with Crippen molar-refractivity contribution in [3.63, 3.8) is 0 Å². The third-order valence-corrected chi connectivity index (χ3v) is 4.20. The van der Waals surface area contributed by atoms with E-state index in [0.29, 0.717) is 0 Å². The molecule has 0 saturated carbocycles. The van der Waals surface area contributed by atoms with Crippen molar-refractivity contribution in [3.8, 4) is 0 Å². The van der Waals surface area contributed by atoms with Crippen LogP contribution in [0.1, 0.15) is 12.1 Å². The minimum Gasteiger partial charge on any atom is -0.387 e. The van der Waals surface area contributed by atoms with Gasteiger partial charge >= 0.3 is 14.0 Å². The highest BCUT2D eigenvalue weighted by Gasteiger charge is 2.45. The molecule has 3 heterocycles. The molecule has 0 amide bonds. The van der Waals surface area contributed by atoms with Gasteiger partial charge < -0.3 is 29.7 Å². The predicted octanol–water partition coefficient (Wildman–Crippen LogP) is -1.13. The van der Waals surface area contributed by atoms with Crippen LogP contribution in [0.3, 0.4) is 0 Å². The zero-order chi connectivity index (χ0) is 20.1. The number of nitrogens with one attached hydrogen (secondary N) is 1. The lowest BCUT2D eigenvalue weighted by Gasteiger charge is -2.17. The van der Waals surface area contributed by atoms with Gasteiger partial charge in [0.15, 0.2) is 17.4 Å². The van der Waals surface area contributed by atoms with Crippen molar-refractivity contribution in [2.75, 3.05) is 6.61 Å². The van der Waals surface area contributed by atoms with Gasteiger partial charge in [0, 0.05) is 0 Å². The van der Waals surface area contributed by atoms with Crippen LogP contribution in [0.25, 0.3) is 11.2 Å². The first kappa shape index (κ1) is 19.9. The number of H-pyrrole nitrogens is 1. The van der Waals surface area contributed by atoms with E-state index in [1.165, 1.54) is 4.98 Å². The van der Waals surface area contributed by atoms with Crippen molar-refractivity contribution < 1.29 is 47.0 Å². The van der Waals surface area contributed by atoms with Gasteiger partial charge in [-0.3, -0.25) is 13.9 Å². The molecule has 2 aromatic rings. The van der Waals surface area contributed by atoms with E-state index in [-0.39, 0.29) is 0 Å². The molecule has 0 aromatic carbocycles. The average Bonchev–Trinajstić information content (AvgIpc) is 3.07. The lowest BCUT2D eigenvalue weighted by Crippen LogP contribution is -2.33. The van der Waals surface area contributed by atoms with Crippen LogP contribution in [-0.4, -0.2) is 64.4 Å². The molecule has 1 aliphatic rings. The number of phosphoric acid groups is 1. The van der Waals surface area contributed by atoms with Gasteiger partial charge in [0.25, 0.3) is 5.56 Å². The lowest BCUT2D eigenvalue weighted by molar-refractivity contribution is -0.145. The van der Waals surface area contributed by atoms with E-state index >= 15 is 0 Å². The number of rotatable bonds is 4. The first-order valence-electron chi connectivity index (χ1n) is 7.14. The molecule has 0 spiro atoms. The number of aromatic nitrogens is 4. The molecule has 0 bridgehead atoms. The number of nitrogens with zero attached hydrogens (tertiary/aromatic N) is 3. The van der Waals surface area contributed by atoms with E-state index in [2.05, 4.69) is 14.5 Å². The molecule has 5 N–H and O–H groups in total. The number of imidazole rings is 1. The van der Waals surface area contributed by atoms with Gasteiger partial charge in [-0.1, -0.05) is 0 Å². The Morgan fingerprint density at radius 1 is 1.33 bits per heavy atom. The van der Waals surface area contributed by atoms with Gasteiger partial charge in [-0.25, -0.2) is 14.5 Å². The van der Waals surface area contributed by atoms with E-state index in [4.69, 9.17) is 14.5 Å². The quantitative estimate of drug-likeness (QED) is 0.383. The molecule has 0 unspecified atom stereocenters. The Labute approximate surface area is 146 Å². The van der Waals surface area contributed by atoms with Crippen LogP contribution in [0.2, 0.25) is 0 Å². The van der Waals surface area contributed by atoms with Crippen LogP contribution in [0.4, 0.5) is 13.2 Å². The molecule has 1 saturated heterocycles. The van der Waals surface area contributed by atoms with Crippen LogP contribution in [-0.2, 0) is 20.0 Å². The van der Waals surface area contributed by atoms with E-state index < -0.39 is 67.7 Å². The highest BCUT2D eigenvalue weighted by Crippen LogP contribution is 2.38. The van der Waals surface area contributed by atoms with Gasteiger partial charge in [0.05, 0.1) is 12.9 Å². The second kappa shape index (κ2) is 6.63. The van der Waals surface area contributed by atoms with Gasteiger partial charge in [-0.05, 0) is 0 Å². The van der Waals surface area contributed by atoms with Crippen LogP contribution in [0, 0.1) is 0 Å². The van der Waals surface area contributed by atoms with Crippen molar-refractivity contribution in [3.05, 3.63) is 22.5 Å². The Morgan fingerprint density at radius 2 is 2.00 bits per heavy atom. The Bertz CT molecular complexity index is 955. The maximum absolute atomic E-state index is 12.9. The third-order valence-electron chi connectivity index (χ3n) is 3.72. The summed E-state index contributed by atoms with van der Waals surface area (Å²) < 4.78 is 59.5. The fourth-order valence-corrected chi connectivity index (χ4v) is 2.85. The maximum Gasteiger partial charge on any atom is 0.469 e. The highest BCUT2D eigenvalue weighted by atomic mass is 31.2. The lowest BCUT2D eigenvalue weighted by atomic mass is 10.1. The second-order valence-electron chi connectivity index (χ2n) is 5.57. The number of alkyl halides is 3. The number of fused-ring (bicyclic) bond motifs is 1. The summed E-state index contributed by atoms with van der Waals surface area (Å²) in [6.07, 6.45) is -10.5. The van der Waals surface area contributed by atoms with E-state index in [1.54, 1.807) is 0 Å². The number of aromatic amines is 1. The fraction of sp³-hybridized carbons (Fsp3) is 0.545. The number of ether oxygens (including phenoxy) is 1. The Kier molecular flexibility index (Phi) is 4.88. The molecule has 1 aliphatic heterocycles. The summed E-state index contributed by atoms with van der Waals surface area (Å²) in [7, 11) is -4.89. The maximum atomic E-state index is 12.9. The summed E-state index contributed by atoms with van der Waals surface area (Å²) in [5.74, 6) is -1.60. The number of aliphatic hydroxyl groups is 2. The van der Waals surface area contributed by atoms with E-state index in [1.807, 2.05) is 0 Å². The van der Waals surface area contributed by atoms with Crippen LogP contribution >= 0.6 is 7.82 Å². The van der Waals surface area contributed by atoms with Crippen molar-refractivity contribution in [1.82, 2.24) is 19.5 Å². The van der Waals surface area contributed by atoms with Gasteiger partial charge in [-0.15, -0.1) is 0 Å². The minimum absolute atomic E-state index is 0.469. The molecule has 27 heavy (non-hydrogen) atoms. The number of hydrogen-bond acceptors (Lipinski definition) is 8. The van der Waals surface area contributed by atoms with E-state index in [0.717, 1.165) is 10.9 Å². The smallest absolute Gasteiger partial charge is 0.387 e. The molecule has 16 heteroatoms. The molecule has 0 aliphatic carbocycles. The predicted molar refractivity (Wildman–Crippen MR) is 77.1 cm³/mol. The normalized spacial score (nSPS) is 26.8. The zero-order valence-electron chi connectivity index (χ0n) is 12.9. The van der Waals surface area contributed by atoms with Crippen molar-refractivity contribution in [2.45, 2.75) is 30.7 Å². The van der Waals surface area contributed by atoms with Crippen molar-refractivity contribution in [2.24, 2.45) is 0 Å². The van der Waals surface area contributed by atoms with Gasteiger partial charge in [0.1, 0.15) is 18.3 Å². The first-order valence-corrected chi connectivity index (χ1v) is 8.67. The van der Waals surface area contributed by atoms with Gasteiger partial charge in [-0.2, -0.15) is 13.2 Å². The summed E-state index contributed by atoms with van der Waals surface area (Å²) in [6.45, 7) is -0.812. The molecule has 150 valence electrons. The molecule has 3 rings (SSSR count). The molecule has 12 nitrogen and oxygen atoms in total. The molecule has 2 aromatic heterocycles. The van der Waals surface area contributed by atoms with Crippen LogP contribution in [0.5, 0.6) is 0 Å². The summed E-state index contributed by atoms with van der Waals surface area (Å²) >= 11 is 0. The fourth-order valence-electron chi connectivity index (χ4n) is 2.51. The Hall–Kier alpha value is -1.87. The summed E-state index contributed by atoms with van der Waals surface area (Å²) in [4.78, 5) is 37.5. The highest BCUT2D eigenvalue weighted by molar-refractivity contribution is 7.46. The van der Waals surface area contributed by atoms with E-state index in [9.17, 15) is 32.7 Å². The molecule has 0 radical (unpaired) electrons. The average molecular weight is 416 g/mol. The second-order valence-corrected chi connectivity index (χ2v) is 6.81. The van der Waals surface area contributed by atoms with Crippen molar-refractivity contribution in [1.29, 1.82) is 0 Å². The van der Waals surface area contributed by atoms with Crippen LogP contribution in [0.15, 0.2) is 11.1 Å². The minimum atomic E-state index is -4.96. The SMILES string of the molecule is O=c1[nH]c(C(F)(F)F)nc2c1ncn2[C@H]1O[C@@H](COP(=O)(O)O)[C@H](O)[C@@H]1O. The molecule has 1 fully saturated rings.